The lowest BCUT2D eigenvalue weighted by Crippen LogP contribution is -2.74. The van der Waals surface area contributed by atoms with Crippen molar-refractivity contribution in [3.8, 4) is 21.9 Å². The summed E-state index contributed by atoms with van der Waals surface area (Å²) >= 11 is 7.87. The van der Waals surface area contributed by atoms with Crippen LogP contribution in [-0.4, -0.2) is 100 Å². The molecule has 0 bridgehead atoms. The molecular weight excluding hydrogens is 916 g/mol. The molecule has 14 nitrogen and oxygen atoms in total. The lowest BCUT2D eigenvalue weighted by molar-refractivity contribution is -0.199. The van der Waals surface area contributed by atoms with Crippen LogP contribution in [0.25, 0.3) is 15.3 Å². The fourth-order valence-corrected chi connectivity index (χ4v) is 11.7. The van der Waals surface area contributed by atoms with E-state index >= 15 is 0 Å². The number of rotatable bonds is 18. The predicted molar refractivity (Wildman–Crippen MR) is 266 cm³/mol. The largest absolute Gasteiger partial charge is 0.494 e. The number of thiazole rings is 1. The molecule has 4 aromatic rings. The Balaban J connectivity index is 0.826. The molecule has 2 fully saturated rings. The highest BCUT2D eigenvalue weighted by molar-refractivity contribution is 7.13. The second-order valence-electron chi connectivity index (χ2n) is 20.9. The SMILES string of the molecule is [C-]#[N+]c1ccc(OC2C(C)(C)C(N3Cc4cc(OCCCCCOCC(=O)N[C@H](C(=O)N5C[C@H](O)C[C@H]5C(=O)N[C@@H](C)c5ccc(-c6scnc6C)cc5)C(C)(C)C)ccc4C3=O)C2(C)C)cc1Cl. The van der Waals surface area contributed by atoms with E-state index < -0.39 is 35.4 Å². The number of amides is 4. The number of halogens is 1. The van der Waals surface area contributed by atoms with Crippen molar-refractivity contribution in [2.24, 2.45) is 16.2 Å². The normalized spacial score (nSPS) is 21.2. The molecule has 1 saturated heterocycles. The average molecular weight is 982 g/mol. The van der Waals surface area contributed by atoms with Gasteiger partial charge in [0.25, 0.3) is 5.91 Å². The average Bonchev–Trinajstić information content (AvgIpc) is 4.00. The second-order valence-corrected chi connectivity index (χ2v) is 22.1. The van der Waals surface area contributed by atoms with Gasteiger partial charge in [-0.25, -0.2) is 9.83 Å². The first-order valence-corrected chi connectivity index (χ1v) is 24.9. The number of ether oxygens (including phenoxy) is 3. The van der Waals surface area contributed by atoms with E-state index in [2.05, 4.69) is 48.2 Å². The van der Waals surface area contributed by atoms with Gasteiger partial charge in [-0.05, 0) is 85.5 Å². The first kappa shape index (κ1) is 51.3. The van der Waals surface area contributed by atoms with Crippen LogP contribution in [0.5, 0.6) is 11.5 Å². The lowest BCUT2D eigenvalue weighted by Gasteiger charge is -2.65. The molecule has 1 aromatic heterocycles. The molecule has 0 spiro atoms. The molecule has 16 heteroatoms. The van der Waals surface area contributed by atoms with E-state index in [4.69, 9.17) is 32.4 Å². The first-order chi connectivity index (χ1) is 32.6. The van der Waals surface area contributed by atoms with E-state index in [1.165, 1.54) is 4.90 Å². The van der Waals surface area contributed by atoms with Gasteiger partial charge < -0.3 is 39.8 Å². The monoisotopic (exact) mass is 980 g/mol. The molecule has 7 rings (SSSR count). The third-order valence-corrected chi connectivity index (χ3v) is 15.1. The maximum absolute atomic E-state index is 14.1. The summed E-state index contributed by atoms with van der Waals surface area (Å²) < 4.78 is 18.3. The number of aliphatic hydroxyl groups excluding tert-OH is 1. The number of likely N-dealkylation sites (tertiary alicyclic amines) is 1. The summed E-state index contributed by atoms with van der Waals surface area (Å²) in [6.07, 6.45) is 1.26. The van der Waals surface area contributed by atoms with Crippen LogP contribution in [0.2, 0.25) is 5.02 Å². The van der Waals surface area contributed by atoms with E-state index in [-0.39, 0.29) is 60.4 Å². The molecule has 3 N–H and O–H groups in total. The number of β-amino-alcohol motifs (C(OH)–C–C–N with tert-alkyl or cyclic N) is 1. The third-order valence-electron chi connectivity index (χ3n) is 13.8. The molecule has 368 valence electrons. The molecular formula is C53H65ClN6O8S. The summed E-state index contributed by atoms with van der Waals surface area (Å²) in [5.74, 6) is 0.0326. The number of benzene rings is 3. The van der Waals surface area contributed by atoms with Gasteiger partial charge in [0.2, 0.25) is 23.4 Å². The number of carbonyl (C=O) groups excluding carboxylic acids is 4. The molecule has 1 aliphatic carbocycles. The number of aryl methyl sites for hydroxylation is 1. The minimum atomic E-state index is -0.960. The van der Waals surface area contributed by atoms with Gasteiger partial charge in [-0.15, -0.1) is 11.3 Å². The van der Waals surface area contributed by atoms with Gasteiger partial charge in [-0.1, -0.05) is 90.4 Å². The Kier molecular flexibility index (Phi) is 15.5. The number of hydrogen-bond donors (Lipinski definition) is 3. The van der Waals surface area contributed by atoms with Crippen LogP contribution >= 0.6 is 22.9 Å². The van der Waals surface area contributed by atoms with E-state index in [0.29, 0.717) is 54.0 Å². The summed E-state index contributed by atoms with van der Waals surface area (Å²) in [5, 5.41) is 16.9. The molecule has 2 aliphatic heterocycles. The Morgan fingerprint density at radius 1 is 0.986 bits per heavy atom. The summed E-state index contributed by atoms with van der Waals surface area (Å²) in [5.41, 5.74) is 5.26. The summed E-state index contributed by atoms with van der Waals surface area (Å²) in [6, 6.07) is 16.4. The smallest absolute Gasteiger partial charge is 0.254 e. The van der Waals surface area contributed by atoms with Crippen molar-refractivity contribution < 1.29 is 38.5 Å². The molecule has 0 radical (unpaired) electrons. The molecule has 0 unspecified atom stereocenters. The number of hydrogen-bond acceptors (Lipinski definition) is 10. The Hall–Kier alpha value is -5.53. The van der Waals surface area contributed by atoms with Crippen LogP contribution in [0.1, 0.15) is 114 Å². The highest BCUT2D eigenvalue weighted by Crippen LogP contribution is 2.59. The molecule has 3 aromatic carbocycles. The van der Waals surface area contributed by atoms with E-state index in [1.807, 2.05) is 87.5 Å². The van der Waals surface area contributed by atoms with E-state index in [0.717, 1.165) is 40.1 Å². The van der Waals surface area contributed by atoms with Crippen LogP contribution in [0, 0.1) is 29.7 Å². The Morgan fingerprint density at radius 2 is 1.68 bits per heavy atom. The van der Waals surface area contributed by atoms with Crippen molar-refractivity contribution in [2.45, 2.75) is 131 Å². The van der Waals surface area contributed by atoms with Gasteiger partial charge in [0, 0.05) is 48.6 Å². The highest BCUT2D eigenvalue weighted by atomic mass is 35.5. The minimum absolute atomic E-state index is 0.00787. The lowest BCUT2D eigenvalue weighted by atomic mass is 9.49. The number of aliphatic hydroxyl groups is 1. The molecule has 4 amide bonds. The number of nitrogens with zero attached hydrogens (tertiary/aromatic N) is 4. The number of nitrogens with one attached hydrogen (secondary N) is 2. The fraction of sp³-hybridized carbons (Fsp3) is 0.509. The van der Waals surface area contributed by atoms with Gasteiger partial charge in [-0.3, -0.25) is 19.2 Å². The van der Waals surface area contributed by atoms with Crippen molar-refractivity contribution in [3.63, 3.8) is 0 Å². The zero-order valence-electron chi connectivity index (χ0n) is 41.1. The Morgan fingerprint density at radius 3 is 2.33 bits per heavy atom. The standard InChI is InChI=1S/C53H65ClN6O8S/c1-31(33-14-16-34(17-15-33)44-32(2)56-30-69-44)57-46(63)42-25-36(61)28-59(42)48(65)45(51(3,4)5)58-43(62)29-66-22-12-11-13-23-67-37-18-20-39-35(24-37)27-60(47(39)64)49-52(6,7)50(53(49,8)9)68-38-19-21-41(55-10)40(54)26-38/h14-21,24,26,30-31,36,42,45,49-50,61H,11-13,22-23,25,27-29H2,1-9H3,(H,57,63)(H,58,62)/t31-,36+,42-,45+,49?,50?/m0/s1. The van der Waals surface area contributed by atoms with Crippen molar-refractivity contribution in [1.82, 2.24) is 25.4 Å². The third kappa shape index (κ3) is 11.1. The van der Waals surface area contributed by atoms with Crippen molar-refractivity contribution in [2.75, 3.05) is 26.4 Å². The maximum atomic E-state index is 14.1. The van der Waals surface area contributed by atoms with E-state index in [9.17, 15) is 24.3 Å². The van der Waals surface area contributed by atoms with Crippen molar-refractivity contribution in [3.05, 3.63) is 105 Å². The molecule has 3 heterocycles. The van der Waals surface area contributed by atoms with Gasteiger partial charge in [0.05, 0.1) is 46.4 Å². The number of aromatic nitrogens is 1. The maximum Gasteiger partial charge on any atom is 0.254 e. The Labute approximate surface area is 414 Å². The van der Waals surface area contributed by atoms with Crippen molar-refractivity contribution >= 4 is 52.3 Å². The van der Waals surface area contributed by atoms with Crippen LogP contribution in [0.4, 0.5) is 5.69 Å². The van der Waals surface area contributed by atoms with Crippen LogP contribution < -0.4 is 20.1 Å². The quantitative estimate of drug-likeness (QED) is 0.0652. The predicted octanol–water partition coefficient (Wildman–Crippen LogP) is 9.10. The van der Waals surface area contributed by atoms with Crippen LogP contribution in [-0.2, 0) is 25.7 Å². The topological polar surface area (TPSA) is 164 Å². The number of fused-ring (bicyclic) bond motifs is 1. The molecule has 1 saturated carbocycles. The zero-order chi connectivity index (χ0) is 50.0. The number of unbranched alkanes of at least 4 members (excludes halogenated alkanes) is 2. The molecule has 3 aliphatic rings. The summed E-state index contributed by atoms with van der Waals surface area (Å²) in [6.45, 7) is 26.2. The van der Waals surface area contributed by atoms with Gasteiger partial charge in [0.15, 0.2) is 0 Å². The van der Waals surface area contributed by atoms with Crippen molar-refractivity contribution in [1.29, 1.82) is 0 Å². The zero-order valence-corrected chi connectivity index (χ0v) is 42.6. The van der Waals surface area contributed by atoms with Gasteiger partial charge in [-0.2, -0.15) is 0 Å². The summed E-state index contributed by atoms with van der Waals surface area (Å²) in [7, 11) is 0. The fourth-order valence-electron chi connectivity index (χ4n) is 10.7. The molecule has 69 heavy (non-hydrogen) atoms. The summed E-state index contributed by atoms with van der Waals surface area (Å²) in [4.78, 5) is 66.9. The highest BCUT2D eigenvalue weighted by Gasteiger charge is 2.67. The Bertz CT molecular complexity index is 2570. The first-order valence-electron chi connectivity index (χ1n) is 23.7. The number of carbonyl (C=O) groups is 4. The minimum Gasteiger partial charge on any atom is -0.494 e. The van der Waals surface area contributed by atoms with Crippen LogP contribution in [0.15, 0.2) is 66.2 Å². The van der Waals surface area contributed by atoms with Crippen LogP contribution in [0.3, 0.4) is 0 Å². The van der Waals surface area contributed by atoms with Gasteiger partial charge >= 0.3 is 0 Å². The second kappa shape index (κ2) is 20.8. The molecule has 4 atom stereocenters. The van der Waals surface area contributed by atoms with Gasteiger partial charge in [0.1, 0.15) is 36.3 Å². The van der Waals surface area contributed by atoms with E-state index in [1.54, 1.807) is 29.5 Å².